The smallest absolute Gasteiger partial charge is 0.387 e. The van der Waals surface area contributed by atoms with Crippen LogP contribution in [0.25, 0.3) is 0 Å². The predicted octanol–water partition coefficient (Wildman–Crippen LogP) is 3.47. The molecule has 7 heteroatoms. The van der Waals surface area contributed by atoms with Gasteiger partial charge in [0.2, 0.25) is 0 Å². The first kappa shape index (κ1) is 19.3. The lowest BCUT2D eigenvalue weighted by molar-refractivity contribution is -0.0512. The summed E-state index contributed by atoms with van der Waals surface area (Å²) in [6, 6.07) is 5.37. The third-order valence-corrected chi connectivity index (χ3v) is 4.33. The average molecular weight is 355 g/mol. The Bertz CT molecular complexity index is 559. The summed E-state index contributed by atoms with van der Waals surface area (Å²) in [5.41, 5.74) is 6.79. The molecular weight excluding hydrogens is 328 g/mol. The Morgan fingerprint density at radius 2 is 1.96 bits per heavy atom. The fourth-order valence-electron chi connectivity index (χ4n) is 3.05. The summed E-state index contributed by atoms with van der Waals surface area (Å²) in [5, 5.41) is 3.28. The standard InChI is InChI=1S/C18H27F2N3O2/c1-24-15-9-8-13(12-16(15)25-17(19)20)10-11-22-18(21)23-14-6-4-2-3-5-7-14/h8-9,12,14,17H,2-7,10-11H2,1H3,(H3,21,22,23). The third-order valence-electron chi connectivity index (χ3n) is 4.33. The van der Waals surface area contributed by atoms with Gasteiger partial charge >= 0.3 is 6.61 Å². The zero-order valence-corrected chi connectivity index (χ0v) is 14.6. The number of halogens is 2. The van der Waals surface area contributed by atoms with E-state index >= 15 is 0 Å². The molecule has 0 radical (unpaired) electrons. The summed E-state index contributed by atoms with van der Waals surface area (Å²) in [6.07, 6.45) is 7.86. The van der Waals surface area contributed by atoms with Crippen LogP contribution in [0.5, 0.6) is 11.5 Å². The fourth-order valence-corrected chi connectivity index (χ4v) is 3.05. The molecule has 1 saturated carbocycles. The highest BCUT2D eigenvalue weighted by molar-refractivity contribution is 5.78. The molecule has 1 aromatic rings. The monoisotopic (exact) mass is 355 g/mol. The van der Waals surface area contributed by atoms with Gasteiger partial charge in [-0.05, 0) is 37.0 Å². The van der Waals surface area contributed by atoms with Gasteiger partial charge in [0.1, 0.15) is 0 Å². The van der Waals surface area contributed by atoms with Crippen molar-refractivity contribution in [3.63, 3.8) is 0 Å². The first-order chi connectivity index (χ1) is 12.1. The van der Waals surface area contributed by atoms with Crippen molar-refractivity contribution in [1.82, 2.24) is 5.32 Å². The van der Waals surface area contributed by atoms with Crippen LogP contribution in [0.15, 0.2) is 23.2 Å². The molecule has 140 valence electrons. The number of aliphatic imine (C=N–C) groups is 1. The molecule has 1 aliphatic carbocycles. The van der Waals surface area contributed by atoms with E-state index in [1.54, 1.807) is 12.1 Å². The Morgan fingerprint density at radius 1 is 1.24 bits per heavy atom. The van der Waals surface area contributed by atoms with Crippen LogP contribution in [0.3, 0.4) is 0 Å². The molecule has 3 N–H and O–H groups in total. The van der Waals surface area contributed by atoms with E-state index in [0.29, 0.717) is 25.0 Å². The van der Waals surface area contributed by atoms with Gasteiger partial charge in [0.15, 0.2) is 17.5 Å². The molecule has 1 aliphatic rings. The van der Waals surface area contributed by atoms with Gasteiger partial charge in [-0.15, -0.1) is 0 Å². The van der Waals surface area contributed by atoms with Crippen molar-refractivity contribution in [1.29, 1.82) is 0 Å². The normalized spacial score (nSPS) is 16.6. The van der Waals surface area contributed by atoms with E-state index in [0.717, 1.165) is 18.4 Å². The van der Waals surface area contributed by atoms with Gasteiger partial charge in [-0.2, -0.15) is 8.78 Å². The molecule has 0 heterocycles. The second kappa shape index (κ2) is 10.1. The summed E-state index contributed by atoms with van der Waals surface area (Å²) >= 11 is 0. The zero-order chi connectivity index (χ0) is 18.1. The highest BCUT2D eigenvalue weighted by atomic mass is 19.3. The average Bonchev–Trinajstić information content (AvgIpc) is 2.83. The Morgan fingerprint density at radius 3 is 2.60 bits per heavy atom. The SMILES string of the molecule is COc1ccc(CCN=C(N)NC2CCCCCC2)cc1OC(F)F. The highest BCUT2D eigenvalue weighted by Crippen LogP contribution is 2.29. The first-order valence-corrected chi connectivity index (χ1v) is 8.76. The number of hydrogen-bond donors (Lipinski definition) is 2. The zero-order valence-electron chi connectivity index (χ0n) is 14.6. The van der Waals surface area contributed by atoms with Gasteiger partial charge in [-0.3, -0.25) is 4.99 Å². The number of nitrogens with one attached hydrogen (secondary N) is 1. The highest BCUT2D eigenvalue weighted by Gasteiger charge is 2.13. The summed E-state index contributed by atoms with van der Waals surface area (Å²) < 4.78 is 34.4. The van der Waals surface area contributed by atoms with Crippen molar-refractivity contribution in [3.05, 3.63) is 23.8 Å². The number of rotatable bonds is 7. The van der Waals surface area contributed by atoms with Crippen LogP contribution in [0.4, 0.5) is 8.78 Å². The maximum atomic E-state index is 12.5. The van der Waals surface area contributed by atoms with E-state index in [4.69, 9.17) is 10.5 Å². The second-order valence-corrected chi connectivity index (χ2v) is 6.21. The number of methoxy groups -OCH3 is 1. The second-order valence-electron chi connectivity index (χ2n) is 6.21. The van der Waals surface area contributed by atoms with Gasteiger partial charge in [0, 0.05) is 12.6 Å². The van der Waals surface area contributed by atoms with Gasteiger partial charge in [0.25, 0.3) is 0 Å². The lowest BCUT2D eigenvalue weighted by Gasteiger charge is -2.16. The molecule has 1 fully saturated rings. The number of nitrogens with zero attached hydrogens (tertiary/aromatic N) is 1. The van der Waals surface area contributed by atoms with Gasteiger partial charge in [0.05, 0.1) is 7.11 Å². The Balaban J connectivity index is 1.87. The van der Waals surface area contributed by atoms with E-state index in [-0.39, 0.29) is 11.5 Å². The topological polar surface area (TPSA) is 68.9 Å². The molecule has 0 unspecified atom stereocenters. The number of benzene rings is 1. The number of alkyl halides is 2. The molecule has 0 amide bonds. The minimum Gasteiger partial charge on any atom is -0.493 e. The van der Waals surface area contributed by atoms with Crippen molar-refractivity contribution in [2.75, 3.05) is 13.7 Å². The number of guanidine groups is 1. The third kappa shape index (κ3) is 6.76. The van der Waals surface area contributed by atoms with Gasteiger partial charge in [-0.1, -0.05) is 31.7 Å². The molecule has 0 aliphatic heterocycles. The number of hydrogen-bond acceptors (Lipinski definition) is 3. The quantitative estimate of drug-likeness (QED) is 0.446. The molecule has 0 saturated heterocycles. The summed E-state index contributed by atoms with van der Waals surface area (Å²) in [4.78, 5) is 4.34. The van der Waals surface area contributed by atoms with Crippen molar-refractivity contribution in [2.45, 2.75) is 57.6 Å². The summed E-state index contributed by atoms with van der Waals surface area (Å²) in [7, 11) is 1.41. The Labute approximate surface area is 147 Å². The van der Waals surface area contributed by atoms with Crippen LogP contribution in [0.2, 0.25) is 0 Å². The van der Waals surface area contributed by atoms with Gasteiger partial charge in [-0.25, -0.2) is 0 Å². The lowest BCUT2D eigenvalue weighted by Crippen LogP contribution is -2.40. The fraction of sp³-hybridized carbons (Fsp3) is 0.611. The number of ether oxygens (including phenoxy) is 2. The molecule has 1 aromatic carbocycles. The van der Waals surface area contributed by atoms with Gasteiger partial charge < -0.3 is 20.5 Å². The van der Waals surface area contributed by atoms with Crippen LogP contribution in [-0.4, -0.2) is 32.3 Å². The molecule has 25 heavy (non-hydrogen) atoms. The van der Waals surface area contributed by atoms with Crippen LogP contribution in [-0.2, 0) is 6.42 Å². The minimum absolute atomic E-state index is 0.0310. The number of nitrogens with two attached hydrogens (primary N) is 1. The summed E-state index contributed by atoms with van der Waals surface area (Å²) in [5.74, 6) is 0.759. The maximum absolute atomic E-state index is 12.5. The minimum atomic E-state index is -2.89. The maximum Gasteiger partial charge on any atom is 0.387 e. The van der Waals surface area contributed by atoms with Crippen molar-refractivity contribution >= 4 is 5.96 Å². The molecule has 5 nitrogen and oxygen atoms in total. The van der Waals surface area contributed by atoms with E-state index in [1.807, 2.05) is 6.07 Å². The molecule has 2 rings (SSSR count). The Kier molecular flexibility index (Phi) is 7.76. The van der Waals surface area contributed by atoms with E-state index < -0.39 is 6.61 Å². The van der Waals surface area contributed by atoms with E-state index in [9.17, 15) is 8.78 Å². The van der Waals surface area contributed by atoms with Crippen LogP contribution >= 0.6 is 0 Å². The van der Waals surface area contributed by atoms with Crippen LogP contribution in [0.1, 0.15) is 44.1 Å². The van der Waals surface area contributed by atoms with E-state index in [2.05, 4.69) is 15.0 Å². The van der Waals surface area contributed by atoms with Crippen molar-refractivity contribution in [2.24, 2.45) is 10.7 Å². The molecular formula is C18H27F2N3O2. The summed E-state index contributed by atoms with van der Waals surface area (Å²) in [6.45, 7) is -2.41. The Hall–Kier alpha value is -2.05. The van der Waals surface area contributed by atoms with E-state index in [1.165, 1.54) is 32.8 Å². The molecule has 0 atom stereocenters. The lowest BCUT2D eigenvalue weighted by atomic mass is 10.1. The van der Waals surface area contributed by atoms with Crippen molar-refractivity contribution in [3.8, 4) is 11.5 Å². The molecule has 0 spiro atoms. The molecule has 0 aromatic heterocycles. The van der Waals surface area contributed by atoms with Crippen LogP contribution < -0.4 is 20.5 Å². The molecule has 0 bridgehead atoms. The largest absolute Gasteiger partial charge is 0.493 e. The predicted molar refractivity (Wildman–Crippen MR) is 94.4 cm³/mol. The first-order valence-electron chi connectivity index (χ1n) is 8.76. The van der Waals surface area contributed by atoms with Crippen molar-refractivity contribution < 1.29 is 18.3 Å². The van der Waals surface area contributed by atoms with Crippen LogP contribution in [0, 0.1) is 0 Å².